The first-order chi connectivity index (χ1) is 5.43. The lowest BCUT2D eigenvalue weighted by molar-refractivity contribution is -0.168. The predicted molar refractivity (Wildman–Crippen MR) is 39.9 cm³/mol. The van der Waals surface area contributed by atoms with Gasteiger partial charge in [-0.25, -0.2) is 10.6 Å². The molecular formula is C6H14N2O4. The Morgan fingerprint density at radius 3 is 2.50 bits per heavy atom. The zero-order valence-corrected chi connectivity index (χ0v) is 7.10. The van der Waals surface area contributed by atoms with Crippen molar-refractivity contribution in [3.63, 3.8) is 0 Å². The fourth-order valence-electron chi connectivity index (χ4n) is 0.563. The first-order valence-electron chi connectivity index (χ1n) is 3.53. The summed E-state index contributed by atoms with van der Waals surface area (Å²) in [4.78, 5) is 10.8. The Morgan fingerprint density at radius 1 is 1.67 bits per heavy atom. The van der Waals surface area contributed by atoms with Crippen molar-refractivity contribution in [1.82, 2.24) is 5.17 Å². The lowest BCUT2D eigenvalue weighted by Gasteiger charge is -2.14. The molecule has 72 valence electrons. The number of nitrogens with two attached hydrogens (primary N) is 1. The van der Waals surface area contributed by atoms with Crippen molar-refractivity contribution in [2.75, 3.05) is 6.54 Å². The second-order valence-corrected chi connectivity index (χ2v) is 2.62. The Labute approximate surface area is 70.5 Å². The molecule has 0 radical (unpaired) electrons. The molecule has 0 aliphatic carbocycles. The molecule has 12 heavy (non-hydrogen) atoms. The van der Waals surface area contributed by atoms with Crippen molar-refractivity contribution >= 4 is 5.97 Å². The van der Waals surface area contributed by atoms with Crippen LogP contribution >= 0.6 is 0 Å². The van der Waals surface area contributed by atoms with Gasteiger partial charge >= 0.3 is 5.97 Å². The molecule has 0 amide bonds. The minimum Gasteiger partial charge on any atom is -0.461 e. The second-order valence-electron chi connectivity index (χ2n) is 2.62. The molecule has 0 heterocycles. The maximum Gasteiger partial charge on any atom is 0.336 e. The molecule has 0 fully saturated rings. The number of carbonyl (C=O) groups excluding carboxylic acids is 1. The average molecular weight is 178 g/mol. The van der Waals surface area contributed by atoms with E-state index in [9.17, 15) is 4.79 Å². The zero-order chi connectivity index (χ0) is 9.72. The number of hydrogen-bond acceptors (Lipinski definition) is 6. The smallest absolute Gasteiger partial charge is 0.336 e. The number of hydrogen-bond donors (Lipinski definition) is 3. The number of hydrazine groups is 1. The van der Waals surface area contributed by atoms with Gasteiger partial charge in [-0.05, 0) is 13.8 Å². The predicted octanol–water partition coefficient (Wildman–Crippen LogP) is -1.14. The molecule has 4 N–H and O–H groups in total. The van der Waals surface area contributed by atoms with E-state index in [0.29, 0.717) is 0 Å². The van der Waals surface area contributed by atoms with Gasteiger partial charge in [0.25, 0.3) is 0 Å². The fourth-order valence-corrected chi connectivity index (χ4v) is 0.563. The molecule has 6 heteroatoms. The molecular weight excluding hydrogens is 164 g/mol. The number of nitrogens with zero attached hydrogens (tertiary/aromatic N) is 1. The van der Waals surface area contributed by atoms with Crippen molar-refractivity contribution in [3.05, 3.63) is 0 Å². The summed E-state index contributed by atoms with van der Waals surface area (Å²) in [6, 6.07) is 0. The van der Waals surface area contributed by atoms with E-state index in [-0.39, 0.29) is 17.8 Å². The fraction of sp³-hybridized carbons (Fsp3) is 0.833. The summed E-state index contributed by atoms with van der Waals surface area (Å²) in [6.45, 7) is 2.94. The highest BCUT2D eigenvalue weighted by molar-refractivity contribution is 5.74. The molecule has 0 aromatic carbocycles. The van der Waals surface area contributed by atoms with Crippen LogP contribution in [-0.4, -0.2) is 40.2 Å². The summed E-state index contributed by atoms with van der Waals surface area (Å²) >= 11 is 0. The second kappa shape index (κ2) is 5.04. The molecule has 0 aromatic rings. The third-order valence-corrected chi connectivity index (χ3v) is 0.984. The van der Waals surface area contributed by atoms with E-state index in [4.69, 9.17) is 16.2 Å². The Morgan fingerprint density at radius 2 is 2.17 bits per heavy atom. The van der Waals surface area contributed by atoms with E-state index < -0.39 is 12.1 Å². The number of ether oxygens (including phenoxy) is 1. The first kappa shape index (κ1) is 11.3. The largest absolute Gasteiger partial charge is 0.461 e. The van der Waals surface area contributed by atoms with Gasteiger partial charge < -0.3 is 9.84 Å². The Hall–Kier alpha value is -0.690. The van der Waals surface area contributed by atoms with Gasteiger partial charge in [0.1, 0.15) is 0 Å². The number of aliphatic hydroxyl groups is 1. The summed E-state index contributed by atoms with van der Waals surface area (Å²) in [7, 11) is 0. The first-order valence-corrected chi connectivity index (χ1v) is 3.53. The lowest BCUT2D eigenvalue weighted by Crippen LogP contribution is -2.40. The standard InChI is InChI=1S/C6H14N2O4/c1-4(2)12-6(10)5(9)3-8(7)11/h4-5,9,11H,3,7H2,1-2H3. The number of esters is 1. The highest BCUT2D eigenvalue weighted by Gasteiger charge is 2.19. The SMILES string of the molecule is CC(C)OC(=O)C(O)CN(N)O. The summed E-state index contributed by atoms with van der Waals surface area (Å²) < 4.78 is 4.63. The molecule has 0 rings (SSSR count). The van der Waals surface area contributed by atoms with Gasteiger partial charge in [0, 0.05) is 0 Å². The lowest BCUT2D eigenvalue weighted by atomic mass is 10.3. The van der Waals surface area contributed by atoms with Gasteiger partial charge in [0.2, 0.25) is 0 Å². The molecule has 0 bridgehead atoms. The van der Waals surface area contributed by atoms with E-state index in [1.165, 1.54) is 0 Å². The molecule has 6 nitrogen and oxygen atoms in total. The van der Waals surface area contributed by atoms with Crippen LogP contribution in [0.3, 0.4) is 0 Å². The van der Waals surface area contributed by atoms with Crippen molar-refractivity contribution in [2.24, 2.45) is 5.84 Å². The molecule has 0 aromatic heterocycles. The minimum absolute atomic E-state index is 0.228. The van der Waals surface area contributed by atoms with Crippen molar-refractivity contribution in [1.29, 1.82) is 0 Å². The highest BCUT2D eigenvalue weighted by atomic mass is 16.6. The van der Waals surface area contributed by atoms with E-state index in [1.54, 1.807) is 13.8 Å². The van der Waals surface area contributed by atoms with Crippen LogP contribution in [0.15, 0.2) is 0 Å². The van der Waals surface area contributed by atoms with E-state index >= 15 is 0 Å². The average Bonchev–Trinajstić information content (AvgIpc) is 1.84. The maximum atomic E-state index is 10.8. The number of carbonyl (C=O) groups is 1. The van der Waals surface area contributed by atoms with Crippen molar-refractivity contribution in [2.45, 2.75) is 26.1 Å². The summed E-state index contributed by atoms with van der Waals surface area (Å²) in [6.07, 6.45) is -1.71. The van der Waals surface area contributed by atoms with E-state index in [1.807, 2.05) is 0 Å². The monoisotopic (exact) mass is 178 g/mol. The van der Waals surface area contributed by atoms with Crippen molar-refractivity contribution in [3.8, 4) is 0 Å². The van der Waals surface area contributed by atoms with Gasteiger partial charge in [0.15, 0.2) is 6.10 Å². The zero-order valence-electron chi connectivity index (χ0n) is 7.10. The topological polar surface area (TPSA) is 96.0 Å². The van der Waals surface area contributed by atoms with Crippen LogP contribution in [-0.2, 0) is 9.53 Å². The third-order valence-electron chi connectivity index (χ3n) is 0.984. The van der Waals surface area contributed by atoms with Gasteiger partial charge in [-0.3, -0.25) is 5.21 Å². The summed E-state index contributed by atoms with van der Waals surface area (Å²) in [5, 5.41) is 17.7. The van der Waals surface area contributed by atoms with Crippen molar-refractivity contribution < 1.29 is 19.8 Å². The Balaban J connectivity index is 3.77. The highest BCUT2D eigenvalue weighted by Crippen LogP contribution is 1.94. The molecule has 0 saturated carbocycles. The molecule has 1 atom stereocenters. The van der Waals surface area contributed by atoms with Crippen LogP contribution < -0.4 is 5.84 Å². The number of rotatable bonds is 4. The van der Waals surface area contributed by atoms with Gasteiger partial charge in [-0.15, -0.1) is 5.17 Å². The van der Waals surface area contributed by atoms with Gasteiger partial charge in [-0.1, -0.05) is 0 Å². The van der Waals surface area contributed by atoms with E-state index in [2.05, 4.69) is 4.74 Å². The van der Waals surface area contributed by atoms with Crippen LogP contribution in [0.5, 0.6) is 0 Å². The summed E-state index contributed by atoms with van der Waals surface area (Å²) in [5.41, 5.74) is 0. The molecule has 1 unspecified atom stereocenters. The molecule has 0 aliphatic rings. The number of hydroxylamine groups is 1. The van der Waals surface area contributed by atoms with Crippen LogP contribution in [0.25, 0.3) is 0 Å². The molecule has 0 saturated heterocycles. The quantitative estimate of drug-likeness (QED) is 0.286. The van der Waals surface area contributed by atoms with Gasteiger partial charge in [0.05, 0.1) is 12.6 Å². The van der Waals surface area contributed by atoms with Crippen LogP contribution in [0.1, 0.15) is 13.8 Å². The Kier molecular flexibility index (Phi) is 4.75. The van der Waals surface area contributed by atoms with Gasteiger partial charge in [-0.2, -0.15) is 0 Å². The maximum absolute atomic E-state index is 10.8. The van der Waals surface area contributed by atoms with Crippen LogP contribution in [0, 0.1) is 0 Å². The van der Waals surface area contributed by atoms with Crippen LogP contribution in [0.4, 0.5) is 0 Å². The van der Waals surface area contributed by atoms with E-state index in [0.717, 1.165) is 0 Å². The molecule has 0 spiro atoms. The Bertz CT molecular complexity index is 148. The normalized spacial score (nSPS) is 13.6. The summed E-state index contributed by atoms with van der Waals surface area (Å²) in [5.74, 6) is 3.99. The number of aliphatic hydroxyl groups excluding tert-OH is 1. The minimum atomic E-state index is -1.41. The third kappa shape index (κ3) is 5.03. The van der Waals surface area contributed by atoms with Crippen LogP contribution in [0.2, 0.25) is 0 Å². The molecule has 0 aliphatic heterocycles.